The zero-order valence-corrected chi connectivity index (χ0v) is 9.63. The molecule has 0 radical (unpaired) electrons. The lowest BCUT2D eigenvalue weighted by Crippen LogP contribution is -2.40. The van der Waals surface area contributed by atoms with Crippen molar-refractivity contribution in [2.75, 3.05) is 24.9 Å². The maximum Gasteiger partial charge on any atom is 0.177 e. The highest BCUT2D eigenvalue weighted by atomic mass is 32.2. The molecule has 1 aromatic rings. The Balaban J connectivity index is 2.67. The summed E-state index contributed by atoms with van der Waals surface area (Å²) in [4.78, 5) is 0.398. The minimum Gasteiger partial charge on any atom is -0.310 e. The molecule has 1 aliphatic heterocycles. The fraction of sp³-hybridized carbons (Fsp3) is 0.400. The van der Waals surface area contributed by atoms with Crippen LogP contribution in [0.5, 0.6) is 0 Å². The summed E-state index contributed by atoms with van der Waals surface area (Å²) in [7, 11) is -1.32. The van der Waals surface area contributed by atoms with E-state index in [9.17, 15) is 8.42 Å². The van der Waals surface area contributed by atoms with Crippen molar-refractivity contribution in [3.05, 3.63) is 23.8 Å². The van der Waals surface area contributed by atoms with Crippen LogP contribution in [0.2, 0.25) is 0 Å². The standard InChI is InChI=1S/C10H14N2O2S/c1-12-10-8(6-7-11-12)4-3-5-9(10)15(2,13)14/h3-5,11H,6-7H2,1-2H3. The normalized spacial score (nSPS) is 16.3. The molecule has 0 amide bonds. The van der Waals surface area contributed by atoms with E-state index in [4.69, 9.17) is 0 Å². The fourth-order valence-electron chi connectivity index (χ4n) is 1.89. The molecule has 0 saturated heterocycles. The van der Waals surface area contributed by atoms with Crippen LogP contribution in [0, 0.1) is 0 Å². The summed E-state index contributed by atoms with van der Waals surface area (Å²) in [5.74, 6) is 0. The minimum absolute atomic E-state index is 0.398. The highest BCUT2D eigenvalue weighted by molar-refractivity contribution is 7.90. The smallest absolute Gasteiger partial charge is 0.177 e. The predicted molar refractivity (Wildman–Crippen MR) is 59.7 cm³/mol. The summed E-state index contributed by atoms with van der Waals surface area (Å²) < 4.78 is 23.2. The van der Waals surface area contributed by atoms with Gasteiger partial charge in [-0.1, -0.05) is 12.1 Å². The van der Waals surface area contributed by atoms with Gasteiger partial charge in [0.2, 0.25) is 0 Å². The van der Waals surface area contributed by atoms with Gasteiger partial charge in [-0.15, -0.1) is 0 Å². The van der Waals surface area contributed by atoms with Gasteiger partial charge in [0.15, 0.2) is 9.84 Å². The largest absolute Gasteiger partial charge is 0.310 e. The monoisotopic (exact) mass is 226 g/mol. The molecule has 0 spiro atoms. The number of fused-ring (bicyclic) bond motifs is 1. The molecular formula is C10H14N2O2S. The predicted octanol–water partition coefficient (Wildman–Crippen LogP) is 0.587. The molecule has 4 nitrogen and oxygen atoms in total. The second-order valence-electron chi connectivity index (χ2n) is 3.75. The Morgan fingerprint density at radius 2 is 2.13 bits per heavy atom. The molecule has 1 aliphatic rings. The van der Waals surface area contributed by atoms with E-state index in [2.05, 4.69) is 5.43 Å². The van der Waals surface area contributed by atoms with Crippen molar-refractivity contribution >= 4 is 15.5 Å². The van der Waals surface area contributed by atoms with Crippen LogP contribution in [0.1, 0.15) is 5.56 Å². The Kier molecular flexibility index (Phi) is 2.44. The molecule has 0 fully saturated rings. The van der Waals surface area contributed by atoms with E-state index in [1.165, 1.54) is 6.26 Å². The van der Waals surface area contributed by atoms with E-state index in [-0.39, 0.29) is 0 Å². The second-order valence-corrected chi connectivity index (χ2v) is 5.74. The highest BCUT2D eigenvalue weighted by Crippen LogP contribution is 2.29. The lowest BCUT2D eigenvalue weighted by Gasteiger charge is -2.29. The SMILES string of the molecule is CN1NCCc2cccc(S(C)(=O)=O)c21. The van der Waals surface area contributed by atoms with Crippen molar-refractivity contribution in [3.8, 4) is 0 Å². The zero-order valence-electron chi connectivity index (χ0n) is 8.82. The first-order valence-electron chi connectivity index (χ1n) is 4.79. The van der Waals surface area contributed by atoms with Crippen LogP contribution in [-0.2, 0) is 16.3 Å². The molecule has 0 aromatic heterocycles. The third-order valence-electron chi connectivity index (χ3n) is 2.56. The van der Waals surface area contributed by atoms with Gasteiger partial charge >= 0.3 is 0 Å². The molecule has 1 heterocycles. The van der Waals surface area contributed by atoms with E-state index in [1.807, 2.05) is 13.1 Å². The molecule has 5 heteroatoms. The van der Waals surface area contributed by atoms with E-state index in [1.54, 1.807) is 17.1 Å². The van der Waals surface area contributed by atoms with E-state index < -0.39 is 9.84 Å². The molecule has 0 bridgehead atoms. The number of hydrogen-bond donors (Lipinski definition) is 1. The molecule has 0 atom stereocenters. The van der Waals surface area contributed by atoms with Crippen molar-refractivity contribution in [2.45, 2.75) is 11.3 Å². The highest BCUT2D eigenvalue weighted by Gasteiger charge is 2.21. The first-order chi connectivity index (χ1) is 7.00. The van der Waals surface area contributed by atoms with Gasteiger partial charge in [-0.05, 0) is 18.1 Å². The molecule has 2 rings (SSSR count). The van der Waals surface area contributed by atoms with Crippen LogP contribution in [0.4, 0.5) is 5.69 Å². The fourth-order valence-corrected chi connectivity index (χ4v) is 2.83. The summed E-state index contributed by atoms with van der Waals surface area (Å²) in [6.07, 6.45) is 2.11. The van der Waals surface area contributed by atoms with Crippen LogP contribution >= 0.6 is 0 Å². The number of para-hydroxylation sites is 1. The van der Waals surface area contributed by atoms with Crippen molar-refractivity contribution in [3.63, 3.8) is 0 Å². The minimum atomic E-state index is -3.16. The van der Waals surface area contributed by atoms with Crippen molar-refractivity contribution < 1.29 is 8.42 Å². The Morgan fingerprint density at radius 1 is 1.40 bits per heavy atom. The van der Waals surface area contributed by atoms with Gasteiger partial charge in [-0.25, -0.2) is 13.8 Å². The van der Waals surface area contributed by atoms with Crippen LogP contribution in [0.25, 0.3) is 0 Å². The van der Waals surface area contributed by atoms with E-state index in [0.29, 0.717) is 4.90 Å². The Morgan fingerprint density at radius 3 is 2.80 bits per heavy atom. The van der Waals surface area contributed by atoms with E-state index >= 15 is 0 Å². The summed E-state index contributed by atoms with van der Waals surface area (Å²) in [6.45, 7) is 0.844. The van der Waals surface area contributed by atoms with Gasteiger partial charge in [-0.2, -0.15) is 0 Å². The number of nitrogens with one attached hydrogen (secondary N) is 1. The van der Waals surface area contributed by atoms with Crippen molar-refractivity contribution in [1.82, 2.24) is 5.43 Å². The number of benzene rings is 1. The molecule has 0 unspecified atom stereocenters. The summed E-state index contributed by atoms with van der Waals surface area (Å²) in [5.41, 5.74) is 4.99. The summed E-state index contributed by atoms with van der Waals surface area (Å²) in [6, 6.07) is 5.42. The van der Waals surface area contributed by atoms with Crippen LogP contribution in [-0.4, -0.2) is 28.3 Å². The molecule has 0 saturated carbocycles. The summed E-state index contributed by atoms with van der Waals surface area (Å²) >= 11 is 0. The lowest BCUT2D eigenvalue weighted by molar-refractivity contribution is 0.596. The van der Waals surface area contributed by atoms with Crippen LogP contribution in [0.15, 0.2) is 23.1 Å². The third-order valence-corrected chi connectivity index (χ3v) is 3.69. The average Bonchev–Trinajstić information content (AvgIpc) is 2.16. The molecule has 82 valence electrons. The van der Waals surface area contributed by atoms with Gasteiger partial charge in [0, 0.05) is 19.8 Å². The quantitative estimate of drug-likeness (QED) is 0.761. The van der Waals surface area contributed by atoms with Gasteiger partial charge < -0.3 is 5.01 Å². The molecular weight excluding hydrogens is 212 g/mol. The first kappa shape index (κ1) is 10.4. The number of rotatable bonds is 1. The maximum atomic E-state index is 11.6. The molecule has 1 N–H and O–H groups in total. The van der Waals surface area contributed by atoms with Gasteiger partial charge in [0.05, 0.1) is 10.6 Å². The van der Waals surface area contributed by atoms with Crippen molar-refractivity contribution in [1.29, 1.82) is 0 Å². The average molecular weight is 226 g/mol. The van der Waals surface area contributed by atoms with E-state index in [0.717, 1.165) is 24.2 Å². The molecule has 0 aliphatic carbocycles. The van der Waals surface area contributed by atoms with Crippen molar-refractivity contribution in [2.24, 2.45) is 0 Å². The van der Waals surface area contributed by atoms with Gasteiger partial charge in [-0.3, -0.25) is 0 Å². The second kappa shape index (κ2) is 3.50. The Bertz CT molecular complexity index is 482. The number of hydrazine groups is 1. The van der Waals surface area contributed by atoms with Gasteiger partial charge in [0.25, 0.3) is 0 Å². The maximum absolute atomic E-state index is 11.6. The molecule has 1 aromatic carbocycles. The first-order valence-corrected chi connectivity index (χ1v) is 6.68. The Hall–Kier alpha value is -1.07. The summed E-state index contributed by atoms with van der Waals surface area (Å²) in [5, 5.41) is 1.79. The topological polar surface area (TPSA) is 49.4 Å². The van der Waals surface area contributed by atoms with Gasteiger partial charge in [0.1, 0.15) is 0 Å². The Labute approximate surface area is 89.8 Å². The lowest BCUT2D eigenvalue weighted by atomic mass is 10.1. The molecule has 15 heavy (non-hydrogen) atoms. The third kappa shape index (κ3) is 1.85. The number of nitrogens with zero attached hydrogens (tertiary/aromatic N) is 1. The number of hydrogen-bond acceptors (Lipinski definition) is 4. The number of sulfone groups is 1. The zero-order chi connectivity index (χ0) is 11.1. The van der Waals surface area contributed by atoms with Crippen LogP contribution in [0.3, 0.4) is 0 Å². The number of anilines is 1. The van der Waals surface area contributed by atoms with Crippen LogP contribution < -0.4 is 10.4 Å².